The lowest BCUT2D eigenvalue weighted by Crippen LogP contribution is -2.27. The number of carboxylic acid groups (broad SMARTS) is 1. The average molecular weight is 407 g/mol. The highest BCUT2D eigenvalue weighted by atomic mass is 32.2. The summed E-state index contributed by atoms with van der Waals surface area (Å²) in [7, 11) is -2.61. The van der Waals surface area contributed by atoms with Crippen molar-refractivity contribution in [2.24, 2.45) is 0 Å². The molecule has 0 aliphatic rings. The van der Waals surface area contributed by atoms with E-state index in [1.165, 1.54) is 43.5 Å². The van der Waals surface area contributed by atoms with Crippen molar-refractivity contribution in [1.29, 1.82) is 0 Å². The minimum atomic E-state index is -3.93. The molecule has 7 nitrogen and oxygen atoms in total. The van der Waals surface area contributed by atoms with E-state index in [9.17, 15) is 17.6 Å². The molecule has 3 rings (SSSR count). The average Bonchev–Trinajstić information content (AvgIpc) is 2.98. The number of carboxylic acids is 1. The Morgan fingerprint density at radius 3 is 2.61 bits per heavy atom. The zero-order valence-electron chi connectivity index (χ0n) is 15.3. The second-order valence-corrected chi connectivity index (χ2v) is 7.97. The number of nitrogens with one attached hydrogen (secondary N) is 1. The summed E-state index contributed by atoms with van der Waals surface area (Å²) < 4.78 is 51.8. The highest BCUT2D eigenvalue weighted by molar-refractivity contribution is 7.89. The van der Waals surface area contributed by atoms with E-state index in [4.69, 9.17) is 14.3 Å². The van der Waals surface area contributed by atoms with E-state index in [1.54, 1.807) is 13.8 Å². The van der Waals surface area contributed by atoms with Crippen molar-refractivity contribution in [2.75, 3.05) is 7.11 Å². The van der Waals surface area contributed by atoms with Crippen molar-refractivity contribution in [3.05, 3.63) is 59.1 Å². The van der Waals surface area contributed by atoms with Gasteiger partial charge in [-0.1, -0.05) is 6.07 Å². The largest absolute Gasteiger partial charge is 0.494 e. The molecule has 2 N–H and O–H groups in total. The van der Waals surface area contributed by atoms with Crippen LogP contribution in [-0.2, 0) is 10.0 Å². The van der Waals surface area contributed by atoms with Crippen LogP contribution in [0.4, 0.5) is 4.39 Å². The summed E-state index contributed by atoms with van der Waals surface area (Å²) in [6.07, 6.45) is 0. The molecule has 0 aliphatic heterocycles. The molecule has 9 heteroatoms. The van der Waals surface area contributed by atoms with Gasteiger partial charge in [0.15, 0.2) is 11.6 Å². The van der Waals surface area contributed by atoms with Crippen molar-refractivity contribution in [3.8, 4) is 5.75 Å². The Labute approximate surface area is 160 Å². The van der Waals surface area contributed by atoms with Crippen LogP contribution in [0.25, 0.3) is 11.0 Å². The fourth-order valence-electron chi connectivity index (χ4n) is 2.89. The zero-order chi connectivity index (χ0) is 20.6. The number of ether oxygens (including phenoxy) is 1. The lowest BCUT2D eigenvalue weighted by Gasteiger charge is -2.16. The molecule has 0 saturated carbocycles. The summed E-state index contributed by atoms with van der Waals surface area (Å²) in [5.41, 5.74) is 1.15. The molecular weight excluding hydrogens is 389 g/mol. The predicted octanol–water partition coefficient (Wildman–Crippen LogP) is 3.63. The zero-order valence-corrected chi connectivity index (χ0v) is 16.1. The van der Waals surface area contributed by atoms with Crippen LogP contribution in [0.2, 0.25) is 0 Å². The number of methoxy groups -OCH3 is 1. The molecule has 3 aromatic rings. The molecule has 1 unspecified atom stereocenters. The summed E-state index contributed by atoms with van der Waals surface area (Å²) in [6, 6.07) is 7.54. The number of sulfonamides is 1. The molecule has 0 fully saturated rings. The number of aromatic carboxylic acids is 1. The topological polar surface area (TPSA) is 106 Å². The van der Waals surface area contributed by atoms with Gasteiger partial charge in [-0.25, -0.2) is 22.3 Å². The van der Waals surface area contributed by atoms with Gasteiger partial charge < -0.3 is 14.3 Å². The van der Waals surface area contributed by atoms with E-state index >= 15 is 0 Å². The maximum atomic E-state index is 13.6. The monoisotopic (exact) mass is 407 g/mol. The van der Waals surface area contributed by atoms with E-state index in [0.29, 0.717) is 16.5 Å². The summed E-state index contributed by atoms with van der Waals surface area (Å²) in [5.74, 6) is -1.99. The van der Waals surface area contributed by atoms with Crippen molar-refractivity contribution >= 4 is 27.0 Å². The Morgan fingerprint density at radius 2 is 1.96 bits per heavy atom. The molecule has 2 aromatic carbocycles. The molecule has 28 heavy (non-hydrogen) atoms. The third-order valence-electron chi connectivity index (χ3n) is 4.42. The third kappa shape index (κ3) is 3.58. The number of benzene rings is 2. The van der Waals surface area contributed by atoms with Crippen molar-refractivity contribution in [1.82, 2.24) is 4.72 Å². The minimum absolute atomic E-state index is 0.0141. The summed E-state index contributed by atoms with van der Waals surface area (Å²) in [4.78, 5) is 11.2. The van der Waals surface area contributed by atoms with Gasteiger partial charge in [0, 0.05) is 17.0 Å². The van der Waals surface area contributed by atoms with Crippen molar-refractivity contribution < 1.29 is 31.9 Å². The maximum absolute atomic E-state index is 13.6. The number of carbonyl (C=O) groups is 1. The number of fused-ring (bicyclic) bond motifs is 1. The summed E-state index contributed by atoms with van der Waals surface area (Å²) in [6.45, 7) is 3.17. The molecule has 0 spiro atoms. The second kappa shape index (κ2) is 7.25. The molecule has 0 bridgehead atoms. The number of hydrogen-bond donors (Lipinski definition) is 2. The fraction of sp³-hybridized carbons (Fsp3) is 0.211. The second-order valence-electron chi connectivity index (χ2n) is 6.26. The molecular formula is C19H18FNO6S. The molecule has 0 aliphatic carbocycles. The van der Waals surface area contributed by atoms with Gasteiger partial charge in [-0.2, -0.15) is 0 Å². The van der Waals surface area contributed by atoms with E-state index in [2.05, 4.69) is 4.72 Å². The Balaban J connectivity index is 1.94. The Morgan fingerprint density at radius 1 is 1.25 bits per heavy atom. The van der Waals surface area contributed by atoms with E-state index in [-0.39, 0.29) is 22.0 Å². The molecule has 0 radical (unpaired) electrons. The van der Waals surface area contributed by atoms with Gasteiger partial charge in [-0.05, 0) is 49.7 Å². The Kier molecular flexibility index (Phi) is 5.14. The lowest BCUT2D eigenvalue weighted by atomic mass is 10.1. The van der Waals surface area contributed by atoms with Gasteiger partial charge in [0.05, 0.1) is 12.0 Å². The van der Waals surface area contributed by atoms with E-state index < -0.39 is 27.9 Å². The van der Waals surface area contributed by atoms with Gasteiger partial charge >= 0.3 is 5.97 Å². The van der Waals surface area contributed by atoms with Crippen molar-refractivity contribution in [2.45, 2.75) is 24.8 Å². The highest BCUT2D eigenvalue weighted by Gasteiger charge is 2.22. The normalized spacial score (nSPS) is 12.9. The number of rotatable bonds is 6. The van der Waals surface area contributed by atoms with Gasteiger partial charge in [-0.15, -0.1) is 0 Å². The smallest absolute Gasteiger partial charge is 0.372 e. The third-order valence-corrected chi connectivity index (χ3v) is 5.96. The first-order valence-electron chi connectivity index (χ1n) is 8.26. The van der Waals surface area contributed by atoms with Gasteiger partial charge in [-0.3, -0.25) is 0 Å². The molecule has 0 saturated heterocycles. The van der Waals surface area contributed by atoms with Crippen LogP contribution in [0.5, 0.6) is 5.75 Å². The Hall–Kier alpha value is -2.91. The van der Waals surface area contributed by atoms with Crippen LogP contribution >= 0.6 is 0 Å². The van der Waals surface area contributed by atoms with Gasteiger partial charge in [0.1, 0.15) is 5.58 Å². The SMILES string of the molecule is COc1cc(C(C)NS(=O)(=O)c2ccc3oc(C(=O)O)c(C)c3c2)ccc1F. The number of hydrogen-bond acceptors (Lipinski definition) is 5. The summed E-state index contributed by atoms with van der Waals surface area (Å²) >= 11 is 0. The first-order valence-corrected chi connectivity index (χ1v) is 9.74. The van der Waals surface area contributed by atoms with Gasteiger partial charge in [0.25, 0.3) is 0 Å². The van der Waals surface area contributed by atoms with Crippen LogP contribution in [0.1, 0.15) is 34.6 Å². The van der Waals surface area contributed by atoms with E-state index in [0.717, 1.165) is 0 Å². The summed E-state index contributed by atoms with van der Waals surface area (Å²) in [5, 5.41) is 9.54. The molecule has 1 aromatic heterocycles. The van der Waals surface area contributed by atoms with Crippen molar-refractivity contribution in [3.63, 3.8) is 0 Å². The maximum Gasteiger partial charge on any atom is 0.372 e. The molecule has 1 atom stereocenters. The number of halogens is 1. The lowest BCUT2D eigenvalue weighted by molar-refractivity contribution is 0.0664. The first-order chi connectivity index (χ1) is 13.1. The standard InChI is InChI=1S/C19H18FNO6S/c1-10-14-9-13(5-7-16(14)27-18(10)19(22)23)28(24,25)21-11(2)12-4-6-15(20)17(8-12)26-3/h4-9,11,21H,1-3H3,(H,22,23). The number of furan rings is 1. The highest BCUT2D eigenvalue weighted by Crippen LogP contribution is 2.29. The predicted molar refractivity (Wildman–Crippen MR) is 99.6 cm³/mol. The van der Waals surface area contributed by atoms with Gasteiger partial charge in [0.2, 0.25) is 15.8 Å². The van der Waals surface area contributed by atoms with Crippen LogP contribution < -0.4 is 9.46 Å². The van der Waals surface area contributed by atoms with E-state index in [1.807, 2.05) is 0 Å². The minimum Gasteiger partial charge on any atom is -0.494 e. The number of aryl methyl sites for hydroxylation is 1. The molecule has 0 amide bonds. The Bertz CT molecular complexity index is 1170. The fourth-order valence-corrected chi connectivity index (χ4v) is 4.14. The van der Waals surface area contributed by atoms with Crippen LogP contribution in [0.3, 0.4) is 0 Å². The first kappa shape index (κ1) is 19.8. The molecule has 148 valence electrons. The van der Waals surface area contributed by atoms with Crippen LogP contribution in [0.15, 0.2) is 45.7 Å². The van der Waals surface area contributed by atoms with Crippen LogP contribution in [-0.4, -0.2) is 26.6 Å². The van der Waals surface area contributed by atoms with Crippen LogP contribution in [0, 0.1) is 12.7 Å². The quantitative estimate of drug-likeness (QED) is 0.646. The molecule has 1 heterocycles.